The number of benzene rings is 1. The van der Waals surface area contributed by atoms with E-state index >= 15 is 0 Å². The molecule has 3 aromatic rings. The molecule has 0 spiro atoms. The summed E-state index contributed by atoms with van der Waals surface area (Å²) >= 11 is 1.55. The smallest absolute Gasteiger partial charge is 0.203 e. The van der Waals surface area contributed by atoms with Crippen LogP contribution in [0.5, 0.6) is 5.75 Å². The number of ether oxygens (including phenoxy) is 1. The molecule has 0 unspecified atom stereocenters. The summed E-state index contributed by atoms with van der Waals surface area (Å²) in [5.41, 5.74) is 7.51. The number of methoxy groups -OCH3 is 1. The molecule has 4 nitrogen and oxygen atoms in total. The van der Waals surface area contributed by atoms with Crippen molar-refractivity contribution < 1.29 is 9.53 Å². The normalized spacial score (nSPS) is 11.1. The van der Waals surface area contributed by atoms with Crippen molar-refractivity contribution in [2.75, 3.05) is 13.7 Å². The number of rotatable bonds is 6. The van der Waals surface area contributed by atoms with Crippen molar-refractivity contribution in [2.24, 2.45) is 5.73 Å². The zero-order chi connectivity index (χ0) is 16.4. The monoisotopic (exact) mass is 328 g/mol. The minimum atomic E-state index is 0.0527. The van der Waals surface area contributed by atoms with Gasteiger partial charge >= 0.3 is 0 Å². The molecule has 1 aromatic carbocycles. The molecule has 3 rings (SSSR count). The van der Waals surface area contributed by atoms with Crippen molar-refractivity contribution >= 4 is 27.3 Å². The molecule has 0 aliphatic rings. The van der Waals surface area contributed by atoms with E-state index in [0.29, 0.717) is 12.1 Å². The summed E-state index contributed by atoms with van der Waals surface area (Å²) in [7, 11) is 1.62. The lowest BCUT2D eigenvalue weighted by atomic mass is 10.1. The first kappa shape index (κ1) is 15.8. The first-order valence-electron chi connectivity index (χ1n) is 7.62. The van der Waals surface area contributed by atoms with Gasteiger partial charge in [0.25, 0.3) is 0 Å². The van der Waals surface area contributed by atoms with Crippen LogP contribution in [0.3, 0.4) is 0 Å². The van der Waals surface area contributed by atoms with Gasteiger partial charge in [-0.1, -0.05) is 0 Å². The first-order valence-corrected chi connectivity index (χ1v) is 8.44. The summed E-state index contributed by atoms with van der Waals surface area (Å²) in [6.07, 6.45) is 0.935. The van der Waals surface area contributed by atoms with Gasteiger partial charge in [0.2, 0.25) is 5.78 Å². The minimum absolute atomic E-state index is 0.0527. The van der Waals surface area contributed by atoms with Gasteiger partial charge in [0, 0.05) is 23.2 Å². The largest absolute Gasteiger partial charge is 0.497 e. The van der Waals surface area contributed by atoms with Crippen LogP contribution >= 0.6 is 11.3 Å². The van der Waals surface area contributed by atoms with Gasteiger partial charge in [-0.25, -0.2) is 0 Å². The SMILES string of the molecule is COc1ccc(C(=O)c2cc3cc(C)n(CCCN)c3s2)cc1. The maximum absolute atomic E-state index is 12.7. The third kappa shape index (κ3) is 3.02. The van der Waals surface area contributed by atoms with Crippen LogP contribution in [0.2, 0.25) is 0 Å². The molecule has 5 heteroatoms. The highest BCUT2D eigenvalue weighted by atomic mass is 32.1. The lowest BCUT2D eigenvalue weighted by Gasteiger charge is -2.05. The summed E-state index contributed by atoms with van der Waals surface area (Å²) in [5.74, 6) is 0.804. The highest BCUT2D eigenvalue weighted by molar-refractivity contribution is 7.20. The number of hydrogen-bond acceptors (Lipinski definition) is 4. The summed E-state index contributed by atoms with van der Waals surface area (Å²) in [4.78, 5) is 14.6. The number of nitrogens with zero attached hydrogens (tertiary/aromatic N) is 1. The van der Waals surface area contributed by atoms with Gasteiger partial charge in [-0.15, -0.1) is 11.3 Å². The zero-order valence-corrected chi connectivity index (χ0v) is 14.2. The number of ketones is 1. The topological polar surface area (TPSA) is 57.2 Å². The van der Waals surface area contributed by atoms with Gasteiger partial charge in [-0.05, 0) is 56.3 Å². The van der Waals surface area contributed by atoms with E-state index in [9.17, 15) is 4.79 Å². The summed E-state index contributed by atoms with van der Waals surface area (Å²) in [6.45, 7) is 3.65. The number of carbonyl (C=O) groups is 1. The number of aryl methyl sites for hydroxylation is 2. The molecule has 0 bridgehead atoms. The van der Waals surface area contributed by atoms with Crippen molar-refractivity contribution in [3.05, 3.63) is 52.5 Å². The quantitative estimate of drug-likeness (QED) is 0.703. The third-order valence-electron chi connectivity index (χ3n) is 3.94. The lowest BCUT2D eigenvalue weighted by molar-refractivity contribution is 0.104. The average molecular weight is 328 g/mol. The Kier molecular flexibility index (Phi) is 4.50. The van der Waals surface area contributed by atoms with Crippen LogP contribution in [0, 0.1) is 6.92 Å². The molecule has 0 aliphatic heterocycles. The van der Waals surface area contributed by atoms with Crippen LogP contribution in [-0.4, -0.2) is 24.0 Å². The third-order valence-corrected chi connectivity index (χ3v) is 5.11. The van der Waals surface area contributed by atoms with Crippen molar-refractivity contribution in [2.45, 2.75) is 19.9 Å². The molecule has 2 heterocycles. The van der Waals surface area contributed by atoms with Crippen LogP contribution in [0.1, 0.15) is 27.3 Å². The fourth-order valence-corrected chi connectivity index (χ4v) is 3.88. The van der Waals surface area contributed by atoms with Crippen molar-refractivity contribution in [1.82, 2.24) is 4.57 Å². The highest BCUT2D eigenvalue weighted by Crippen LogP contribution is 2.31. The van der Waals surface area contributed by atoms with Gasteiger partial charge in [0.05, 0.1) is 12.0 Å². The van der Waals surface area contributed by atoms with E-state index in [-0.39, 0.29) is 5.78 Å². The molecule has 0 saturated carbocycles. The van der Waals surface area contributed by atoms with Gasteiger partial charge in [0.15, 0.2) is 0 Å². The van der Waals surface area contributed by atoms with E-state index in [4.69, 9.17) is 10.5 Å². The van der Waals surface area contributed by atoms with E-state index in [0.717, 1.165) is 33.8 Å². The van der Waals surface area contributed by atoms with Gasteiger partial charge in [-0.3, -0.25) is 4.79 Å². The van der Waals surface area contributed by atoms with E-state index < -0.39 is 0 Å². The summed E-state index contributed by atoms with van der Waals surface area (Å²) in [5, 5.41) is 1.13. The number of carbonyl (C=O) groups excluding carboxylic acids is 1. The van der Waals surface area contributed by atoms with E-state index in [1.165, 1.54) is 5.69 Å². The number of hydrogen-bond donors (Lipinski definition) is 1. The highest BCUT2D eigenvalue weighted by Gasteiger charge is 2.16. The predicted molar refractivity (Wildman–Crippen MR) is 94.6 cm³/mol. The zero-order valence-electron chi connectivity index (χ0n) is 13.3. The molecule has 0 amide bonds. The van der Waals surface area contributed by atoms with Crippen molar-refractivity contribution in [3.63, 3.8) is 0 Å². The Morgan fingerprint density at radius 3 is 2.65 bits per heavy atom. The molecular formula is C18H20N2O2S. The molecule has 23 heavy (non-hydrogen) atoms. The molecule has 0 fully saturated rings. The number of thiophene rings is 1. The van der Waals surface area contributed by atoms with Crippen molar-refractivity contribution in [1.29, 1.82) is 0 Å². The van der Waals surface area contributed by atoms with Gasteiger partial charge in [0.1, 0.15) is 10.6 Å². The molecule has 2 N–H and O–H groups in total. The Morgan fingerprint density at radius 1 is 1.26 bits per heavy atom. The van der Waals surface area contributed by atoms with Crippen LogP contribution < -0.4 is 10.5 Å². The number of aromatic nitrogens is 1. The molecular weight excluding hydrogens is 308 g/mol. The Hall–Kier alpha value is -2.11. The van der Waals surface area contributed by atoms with Gasteiger partial charge < -0.3 is 15.0 Å². The summed E-state index contributed by atoms with van der Waals surface area (Å²) in [6, 6.07) is 11.3. The van der Waals surface area contributed by atoms with Crippen LogP contribution in [0.4, 0.5) is 0 Å². The molecule has 0 aliphatic carbocycles. The van der Waals surface area contributed by atoms with Crippen LogP contribution in [0.25, 0.3) is 10.2 Å². The fourth-order valence-electron chi connectivity index (χ4n) is 2.70. The van der Waals surface area contributed by atoms with Crippen LogP contribution in [-0.2, 0) is 6.54 Å². The Balaban J connectivity index is 1.93. The average Bonchev–Trinajstić information content (AvgIpc) is 3.10. The van der Waals surface area contributed by atoms with Crippen molar-refractivity contribution in [3.8, 4) is 5.75 Å². The molecule has 0 radical (unpaired) electrons. The van der Waals surface area contributed by atoms with Gasteiger partial charge in [-0.2, -0.15) is 0 Å². The fraction of sp³-hybridized carbons (Fsp3) is 0.278. The second-order valence-corrected chi connectivity index (χ2v) is 6.54. The Bertz CT molecular complexity index is 831. The molecule has 0 saturated heterocycles. The maximum atomic E-state index is 12.7. The predicted octanol–water partition coefficient (Wildman–Crippen LogP) is 3.60. The Morgan fingerprint density at radius 2 is 2.00 bits per heavy atom. The second-order valence-electron chi connectivity index (χ2n) is 5.51. The lowest BCUT2D eigenvalue weighted by Crippen LogP contribution is -2.06. The standard InChI is InChI=1S/C18H20N2O2S/c1-12-10-14-11-16(23-18(14)20(12)9-3-8-19)17(21)13-4-6-15(22-2)7-5-13/h4-7,10-11H,3,8-9,19H2,1-2H3. The van der Waals surface area contributed by atoms with Crippen LogP contribution in [0.15, 0.2) is 36.4 Å². The minimum Gasteiger partial charge on any atom is -0.497 e. The van der Waals surface area contributed by atoms with E-state index in [2.05, 4.69) is 17.6 Å². The Labute approximate surface area is 139 Å². The molecule has 120 valence electrons. The molecule has 0 atom stereocenters. The molecule has 2 aromatic heterocycles. The number of fused-ring (bicyclic) bond motifs is 1. The summed E-state index contributed by atoms with van der Waals surface area (Å²) < 4.78 is 7.38. The first-order chi connectivity index (χ1) is 11.1. The maximum Gasteiger partial charge on any atom is 0.203 e. The van der Waals surface area contributed by atoms with E-state index in [1.807, 2.05) is 18.2 Å². The van der Waals surface area contributed by atoms with E-state index in [1.54, 1.807) is 30.6 Å². The second kappa shape index (κ2) is 6.56. The number of nitrogens with two attached hydrogens (primary N) is 1.